The molecule has 0 aliphatic carbocycles. The Morgan fingerprint density at radius 2 is 2.33 bits per heavy atom. The van der Waals surface area contributed by atoms with Gasteiger partial charge in [-0.25, -0.2) is 0 Å². The van der Waals surface area contributed by atoms with Gasteiger partial charge in [-0.2, -0.15) is 11.3 Å². The van der Waals surface area contributed by atoms with E-state index in [1.807, 2.05) is 0 Å². The van der Waals surface area contributed by atoms with Gasteiger partial charge in [0.15, 0.2) is 5.96 Å². The molecule has 138 valence electrons. The molecule has 5 nitrogen and oxygen atoms in total. The van der Waals surface area contributed by atoms with Gasteiger partial charge in [0.2, 0.25) is 0 Å². The number of guanidine groups is 1. The first-order valence-corrected chi connectivity index (χ1v) is 9.36. The van der Waals surface area contributed by atoms with Crippen molar-refractivity contribution in [3.63, 3.8) is 0 Å². The maximum atomic E-state index is 9.31. The number of nitrogens with one attached hydrogen (secondary N) is 2. The lowest BCUT2D eigenvalue weighted by Gasteiger charge is -2.25. The fraction of sp³-hybridized carbons (Fsp3) is 0.706. The number of aliphatic hydroxyl groups is 1. The number of hydrogen-bond acceptors (Lipinski definition) is 4. The number of ether oxygens (including phenoxy) is 1. The Kier molecular flexibility index (Phi) is 10.2. The van der Waals surface area contributed by atoms with Crippen molar-refractivity contribution < 1.29 is 9.84 Å². The minimum Gasteiger partial charge on any atom is -0.396 e. The lowest BCUT2D eigenvalue weighted by atomic mass is 9.84. The van der Waals surface area contributed by atoms with E-state index in [0.29, 0.717) is 19.1 Å². The first-order valence-electron chi connectivity index (χ1n) is 8.42. The van der Waals surface area contributed by atoms with Gasteiger partial charge in [0, 0.05) is 31.7 Å². The summed E-state index contributed by atoms with van der Waals surface area (Å²) in [4.78, 5) is 4.75. The molecule has 0 aromatic carbocycles. The second-order valence-corrected chi connectivity index (χ2v) is 7.09. The van der Waals surface area contributed by atoms with Gasteiger partial charge in [0.05, 0.1) is 13.2 Å². The van der Waals surface area contributed by atoms with Crippen molar-refractivity contribution in [3.05, 3.63) is 22.4 Å². The van der Waals surface area contributed by atoms with Gasteiger partial charge in [-0.15, -0.1) is 24.0 Å². The molecule has 3 N–H and O–H groups in total. The molecular weight excluding hydrogens is 437 g/mol. The molecular formula is C17H30IN3O2S. The Balaban J connectivity index is 0.00000288. The summed E-state index contributed by atoms with van der Waals surface area (Å²) in [6, 6.07) is 2.17. The maximum Gasteiger partial charge on any atom is 0.191 e. The fourth-order valence-electron chi connectivity index (χ4n) is 2.80. The van der Waals surface area contributed by atoms with Crippen molar-refractivity contribution in [2.75, 3.05) is 39.5 Å². The van der Waals surface area contributed by atoms with Crippen molar-refractivity contribution >= 4 is 41.3 Å². The van der Waals surface area contributed by atoms with E-state index in [-0.39, 0.29) is 36.0 Å². The molecule has 0 bridgehead atoms. The molecule has 1 aliphatic heterocycles. The molecule has 1 aromatic rings. The third kappa shape index (κ3) is 6.50. The van der Waals surface area contributed by atoms with Crippen LogP contribution in [0.2, 0.25) is 0 Å². The van der Waals surface area contributed by atoms with Crippen LogP contribution in [0, 0.1) is 5.41 Å². The lowest BCUT2D eigenvalue weighted by molar-refractivity contribution is 0.131. The van der Waals surface area contributed by atoms with Gasteiger partial charge in [0.1, 0.15) is 0 Å². The normalized spacial score (nSPS) is 22.0. The number of nitrogens with zero attached hydrogens (tertiary/aromatic N) is 1. The molecule has 0 amide bonds. The minimum atomic E-state index is -0.00389. The van der Waals surface area contributed by atoms with Crippen molar-refractivity contribution in [2.45, 2.75) is 32.6 Å². The Hall–Kier alpha value is -0.380. The number of halogens is 1. The highest BCUT2D eigenvalue weighted by atomic mass is 127. The molecule has 2 unspecified atom stereocenters. The fourth-order valence-corrected chi connectivity index (χ4v) is 3.58. The SMILES string of the molecule is CCNC(=NCC1(CCO)CCOC1)NCC(C)c1ccsc1.I. The molecule has 0 spiro atoms. The van der Waals surface area contributed by atoms with Gasteiger partial charge in [-0.1, -0.05) is 6.92 Å². The topological polar surface area (TPSA) is 65.9 Å². The van der Waals surface area contributed by atoms with Crippen LogP contribution in [-0.2, 0) is 4.74 Å². The van der Waals surface area contributed by atoms with Crippen molar-refractivity contribution in [2.24, 2.45) is 10.4 Å². The van der Waals surface area contributed by atoms with E-state index in [9.17, 15) is 5.11 Å². The average molecular weight is 467 g/mol. The lowest BCUT2D eigenvalue weighted by Crippen LogP contribution is -2.40. The van der Waals surface area contributed by atoms with Crippen LogP contribution < -0.4 is 10.6 Å². The molecule has 2 rings (SSSR count). The Bertz CT molecular complexity index is 476. The van der Waals surface area contributed by atoms with Gasteiger partial charge in [0.25, 0.3) is 0 Å². The molecule has 0 saturated carbocycles. The largest absolute Gasteiger partial charge is 0.396 e. The number of hydrogen-bond donors (Lipinski definition) is 3. The van der Waals surface area contributed by atoms with Crippen LogP contribution in [0.3, 0.4) is 0 Å². The van der Waals surface area contributed by atoms with E-state index in [1.54, 1.807) is 11.3 Å². The monoisotopic (exact) mass is 467 g/mol. The molecule has 2 atom stereocenters. The third-order valence-electron chi connectivity index (χ3n) is 4.43. The van der Waals surface area contributed by atoms with Gasteiger partial charge >= 0.3 is 0 Å². The summed E-state index contributed by atoms with van der Waals surface area (Å²) in [5.74, 6) is 1.30. The Morgan fingerprint density at radius 1 is 1.50 bits per heavy atom. The van der Waals surface area contributed by atoms with Crippen molar-refractivity contribution in [1.82, 2.24) is 10.6 Å². The molecule has 1 aromatic heterocycles. The molecule has 1 saturated heterocycles. The van der Waals surface area contributed by atoms with E-state index >= 15 is 0 Å². The highest BCUT2D eigenvalue weighted by Gasteiger charge is 2.34. The van der Waals surface area contributed by atoms with Crippen molar-refractivity contribution in [3.8, 4) is 0 Å². The summed E-state index contributed by atoms with van der Waals surface area (Å²) in [6.07, 6.45) is 1.73. The van der Waals surface area contributed by atoms with Crippen LogP contribution in [0.15, 0.2) is 21.8 Å². The zero-order valence-electron chi connectivity index (χ0n) is 14.6. The summed E-state index contributed by atoms with van der Waals surface area (Å²) in [5.41, 5.74) is 1.36. The van der Waals surface area contributed by atoms with Crippen LogP contribution in [0.4, 0.5) is 0 Å². The Morgan fingerprint density at radius 3 is 2.92 bits per heavy atom. The highest BCUT2D eigenvalue weighted by Crippen LogP contribution is 2.32. The third-order valence-corrected chi connectivity index (χ3v) is 5.13. The molecule has 0 radical (unpaired) electrons. The average Bonchev–Trinajstić information content (AvgIpc) is 3.22. The maximum absolute atomic E-state index is 9.31. The van der Waals surface area contributed by atoms with E-state index in [4.69, 9.17) is 9.73 Å². The number of rotatable bonds is 8. The minimum absolute atomic E-state index is 0. The summed E-state index contributed by atoms with van der Waals surface area (Å²) in [6.45, 7) is 8.33. The van der Waals surface area contributed by atoms with Crippen LogP contribution in [0.1, 0.15) is 38.2 Å². The van der Waals surface area contributed by atoms with Gasteiger partial charge in [-0.05, 0) is 48.1 Å². The van der Waals surface area contributed by atoms with Crippen molar-refractivity contribution in [1.29, 1.82) is 0 Å². The summed E-state index contributed by atoms with van der Waals surface area (Å²) in [5, 5.41) is 20.4. The Labute approximate surface area is 166 Å². The molecule has 1 aliphatic rings. The summed E-state index contributed by atoms with van der Waals surface area (Å²) >= 11 is 1.73. The quantitative estimate of drug-likeness (QED) is 0.313. The van der Waals surface area contributed by atoms with Gasteiger partial charge < -0.3 is 20.5 Å². The van der Waals surface area contributed by atoms with E-state index in [1.165, 1.54) is 5.56 Å². The zero-order valence-corrected chi connectivity index (χ0v) is 17.7. The van der Waals surface area contributed by atoms with Crippen LogP contribution in [-0.4, -0.2) is 50.5 Å². The predicted molar refractivity (Wildman–Crippen MR) is 112 cm³/mol. The molecule has 2 heterocycles. The first-order chi connectivity index (χ1) is 11.2. The predicted octanol–water partition coefficient (Wildman–Crippen LogP) is 2.81. The number of aliphatic hydroxyl groups excluding tert-OH is 1. The highest BCUT2D eigenvalue weighted by molar-refractivity contribution is 14.0. The van der Waals surface area contributed by atoms with E-state index in [2.05, 4.69) is 41.3 Å². The standard InChI is InChI=1S/C17H29N3O2S.HI/c1-3-18-16(19-10-14(2)15-4-9-23-11-15)20-12-17(5-7-21)6-8-22-13-17;/h4,9,11,14,21H,3,5-8,10,12-13H2,1-2H3,(H2,18,19,20);1H. The van der Waals surface area contributed by atoms with E-state index < -0.39 is 0 Å². The second kappa shape index (κ2) is 11.3. The van der Waals surface area contributed by atoms with Crippen LogP contribution in [0.5, 0.6) is 0 Å². The smallest absolute Gasteiger partial charge is 0.191 e. The van der Waals surface area contributed by atoms with Crippen LogP contribution >= 0.6 is 35.3 Å². The number of thiophene rings is 1. The first kappa shape index (κ1) is 21.7. The molecule has 1 fully saturated rings. The van der Waals surface area contributed by atoms with Crippen LogP contribution in [0.25, 0.3) is 0 Å². The second-order valence-electron chi connectivity index (χ2n) is 6.31. The molecule has 7 heteroatoms. The summed E-state index contributed by atoms with van der Waals surface area (Å²) < 4.78 is 5.53. The van der Waals surface area contributed by atoms with Gasteiger partial charge in [-0.3, -0.25) is 4.99 Å². The summed E-state index contributed by atoms with van der Waals surface area (Å²) in [7, 11) is 0. The van der Waals surface area contributed by atoms with E-state index in [0.717, 1.165) is 38.5 Å². The zero-order chi connectivity index (χ0) is 16.5. The molecule has 24 heavy (non-hydrogen) atoms. The number of aliphatic imine (C=N–C) groups is 1.